The minimum atomic E-state index is -0.724. The summed E-state index contributed by atoms with van der Waals surface area (Å²) in [6, 6.07) is -0.347. The summed E-state index contributed by atoms with van der Waals surface area (Å²) < 4.78 is 3.78. The number of hydrogen-bond donors (Lipinski definition) is 1. The van der Waals surface area contributed by atoms with Crippen molar-refractivity contribution in [2.45, 2.75) is 31.8 Å². The zero-order valence-corrected chi connectivity index (χ0v) is 9.11. The number of carboxylic acids is 1. The zero-order valence-electron chi connectivity index (χ0n) is 8.30. The summed E-state index contributed by atoms with van der Waals surface area (Å²) in [5.74, 6) is -0.724. The molecule has 0 aliphatic carbocycles. The predicted molar refractivity (Wildman–Crippen MR) is 55.6 cm³/mol. The van der Waals surface area contributed by atoms with Crippen LogP contribution in [-0.4, -0.2) is 38.1 Å². The number of likely N-dealkylation sites (tertiary alicyclic amines) is 1. The molecular formula is C9H13N3O2S. The topological polar surface area (TPSA) is 66.3 Å². The molecule has 2 heterocycles. The maximum Gasteiger partial charge on any atom is 0.320 e. The number of carbonyl (C=O) groups is 1. The van der Waals surface area contributed by atoms with Crippen molar-refractivity contribution >= 4 is 17.5 Å². The fourth-order valence-corrected chi connectivity index (χ4v) is 2.36. The van der Waals surface area contributed by atoms with E-state index in [0.29, 0.717) is 6.54 Å². The first-order chi connectivity index (χ1) is 7.27. The fourth-order valence-electron chi connectivity index (χ4n) is 1.92. The van der Waals surface area contributed by atoms with Gasteiger partial charge in [-0.05, 0) is 30.9 Å². The Bertz CT molecular complexity index is 328. The Balaban J connectivity index is 2.02. The highest BCUT2D eigenvalue weighted by Crippen LogP contribution is 2.19. The molecule has 1 saturated heterocycles. The van der Waals surface area contributed by atoms with E-state index in [1.807, 2.05) is 10.3 Å². The summed E-state index contributed by atoms with van der Waals surface area (Å²) >= 11 is 1.30. The van der Waals surface area contributed by atoms with Gasteiger partial charge in [0.05, 0.1) is 5.69 Å². The lowest BCUT2D eigenvalue weighted by Gasteiger charge is -2.31. The van der Waals surface area contributed by atoms with Crippen LogP contribution in [0.4, 0.5) is 0 Å². The molecule has 0 radical (unpaired) electrons. The van der Waals surface area contributed by atoms with Gasteiger partial charge in [-0.1, -0.05) is 10.9 Å². The minimum Gasteiger partial charge on any atom is -0.480 e. The third-order valence-corrected chi connectivity index (χ3v) is 3.22. The van der Waals surface area contributed by atoms with Gasteiger partial charge in [-0.2, -0.15) is 0 Å². The van der Waals surface area contributed by atoms with Gasteiger partial charge in [0.15, 0.2) is 0 Å². The van der Waals surface area contributed by atoms with E-state index in [1.54, 1.807) is 0 Å². The Kier molecular flexibility index (Phi) is 3.27. The third-order valence-electron chi connectivity index (χ3n) is 2.67. The smallest absolute Gasteiger partial charge is 0.320 e. The highest BCUT2D eigenvalue weighted by Gasteiger charge is 2.28. The second kappa shape index (κ2) is 4.67. The molecule has 1 fully saturated rings. The van der Waals surface area contributed by atoms with E-state index < -0.39 is 5.97 Å². The second-order valence-electron chi connectivity index (χ2n) is 3.72. The van der Waals surface area contributed by atoms with E-state index in [-0.39, 0.29) is 6.04 Å². The predicted octanol–water partition coefficient (Wildman–Crippen LogP) is 0.977. The third kappa shape index (κ3) is 2.51. The summed E-state index contributed by atoms with van der Waals surface area (Å²) in [4.78, 5) is 13.0. The molecule has 1 aromatic rings. The Labute approximate surface area is 91.9 Å². The van der Waals surface area contributed by atoms with Crippen LogP contribution >= 0.6 is 11.5 Å². The Morgan fingerprint density at radius 3 is 3.20 bits per heavy atom. The van der Waals surface area contributed by atoms with Gasteiger partial charge in [0, 0.05) is 11.9 Å². The number of piperidine rings is 1. The van der Waals surface area contributed by atoms with E-state index >= 15 is 0 Å². The number of nitrogens with zero attached hydrogens (tertiary/aromatic N) is 3. The largest absolute Gasteiger partial charge is 0.480 e. The van der Waals surface area contributed by atoms with E-state index in [9.17, 15) is 4.79 Å². The summed E-state index contributed by atoms with van der Waals surface area (Å²) in [5.41, 5.74) is 0.869. The van der Waals surface area contributed by atoms with Crippen molar-refractivity contribution in [1.29, 1.82) is 0 Å². The number of rotatable bonds is 3. The molecular weight excluding hydrogens is 214 g/mol. The van der Waals surface area contributed by atoms with Crippen LogP contribution in [0.25, 0.3) is 0 Å². The van der Waals surface area contributed by atoms with E-state index in [0.717, 1.165) is 31.5 Å². The minimum absolute atomic E-state index is 0.347. The van der Waals surface area contributed by atoms with Crippen molar-refractivity contribution in [2.75, 3.05) is 6.54 Å². The molecule has 1 aliphatic heterocycles. The summed E-state index contributed by atoms with van der Waals surface area (Å²) in [5, 5.41) is 14.9. The molecule has 5 nitrogen and oxygen atoms in total. The van der Waals surface area contributed by atoms with Gasteiger partial charge in [0.1, 0.15) is 6.04 Å². The SMILES string of the molecule is O=C(O)C1CCCCN1Cc1csnn1. The molecule has 2 rings (SSSR count). The average molecular weight is 227 g/mol. The van der Waals surface area contributed by atoms with E-state index in [4.69, 9.17) is 5.11 Å². The van der Waals surface area contributed by atoms with Crippen LogP contribution < -0.4 is 0 Å². The molecule has 1 aliphatic rings. The van der Waals surface area contributed by atoms with Crippen molar-refractivity contribution in [3.63, 3.8) is 0 Å². The Morgan fingerprint density at radius 2 is 2.53 bits per heavy atom. The number of hydrogen-bond acceptors (Lipinski definition) is 5. The Morgan fingerprint density at radius 1 is 1.67 bits per heavy atom. The zero-order chi connectivity index (χ0) is 10.7. The molecule has 0 amide bonds. The number of carboxylic acid groups (broad SMARTS) is 1. The monoisotopic (exact) mass is 227 g/mol. The van der Waals surface area contributed by atoms with Crippen molar-refractivity contribution < 1.29 is 9.90 Å². The summed E-state index contributed by atoms with van der Waals surface area (Å²) in [7, 11) is 0. The molecule has 0 spiro atoms. The van der Waals surface area contributed by atoms with Crippen LogP contribution in [0.2, 0.25) is 0 Å². The quantitative estimate of drug-likeness (QED) is 0.833. The van der Waals surface area contributed by atoms with Gasteiger partial charge >= 0.3 is 5.97 Å². The molecule has 0 aromatic carbocycles. The van der Waals surface area contributed by atoms with Gasteiger partial charge in [-0.25, -0.2) is 0 Å². The standard InChI is InChI=1S/C9H13N3O2S/c13-9(14)8-3-1-2-4-12(8)5-7-6-15-11-10-7/h6,8H,1-5H2,(H,13,14). The lowest BCUT2D eigenvalue weighted by molar-refractivity contribution is -0.144. The van der Waals surface area contributed by atoms with Crippen molar-refractivity contribution in [3.8, 4) is 0 Å². The molecule has 0 saturated carbocycles. The van der Waals surface area contributed by atoms with Crippen molar-refractivity contribution in [1.82, 2.24) is 14.5 Å². The Hall–Kier alpha value is -1.01. The molecule has 1 N–H and O–H groups in total. The highest BCUT2D eigenvalue weighted by molar-refractivity contribution is 7.03. The van der Waals surface area contributed by atoms with Crippen LogP contribution in [-0.2, 0) is 11.3 Å². The first-order valence-corrected chi connectivity index (χ1v) is 5.84. The fraction of sp³-hybridized carbons (Fsp3) is 0.667. The molecule has 15 heavy (non-hydrogen) atoms. The van der Waals surface area contributed by atoms with Crippen LogP contribution in [0.3, 0.4) is 0 Å². The second-order valence-corrected chi connectivity index (χ2v) is 4.33. The van der Waals surface area contributed by atoms with E-state index in [2.05, 4.69) is 9.59 Å². The maximum absolute atomic E-state index is 11.0. The van der Waals surface area contributed by atoms with Gasteiger partial charge in [0.2, 0.25) is 0 Å². The van der Waals surface area contributed by atoms with Crippen molar-refractivity contribution in [3.05, 3.63) is 11.1 Å². The van der Waals surface area contributed by atoms with Crippen LogP contribution in [0.1, 0.15) is 25.0 Å². The maximum atomic E-state index is 11.0. The van der Waals surface area contributed by atoms with Gasteiger partial charge < -0.3 is 5.11 Å². The summed E-state index contributed by atoms with van der Waals surface area (Å²) in [6.45, 7) is 1.45. The lowest BCUT2D eigenvalue weighted by atomic mass is 10.0. The summed E-state index contributed by atoms with van der Waals surface area (Å²) in [6.07, 6.45) is 2.82. The molecule has 82 valence electrons. The first-order valence-electron chi connectivity index (χ1n) is 5.00. The van der Waals surface area contributed by atoms with Crippen LogP contribution in [0.15, 0.2) is 5.38 Å². The van der Waals surface area contributed by atoms with Crippen LogP contribution in [0, 0.1) is 0 Å². The molecule has 1 aromatic heterocycles. The normalized spacial score (nSPS) is 22.8. The van der Waals surface area contributed by atoms with Crippen molar-refractivity contribution in [2.24, 2.45) is 0 Å². The van der Waals surface area contributed by atoms with E-state index in [1.165, 1.54) is 11.5 Å². The molecule has 1 atom stereocenters. The number of aliphatic carboxylic acids is 1. The highest BCUT2D eigenvalue weighted by atomic mass is 32.1. The van der Waals surface area contributed by atoms with Gasteiger partial charge in [-0.3, -0.25) is 9.69 Å². The van der Waals surface area contributed by atoms with Gasteiger partial charge in [-0.15, -0.1) is 5.10 Å². The average Bonchev–Trinajstić information content (AvgIpc) is 2.71. The molecule has 0 bridgehead atoms. The first kappa shape index (κ1) is 10.5. The molecule has 6 heteroatoms. The molecule has 1 unspecified atom stereocenters. The van der Waals surface area contributed by atoms with Gasteiger partial charge in [0.25, 0.3) is 0 Å². The van der Waals surface area contributed by atoms with Crippen LogP contribution in [0.5, 0.6) is 0 Å². The number of aromatic nitrogens is 2. The lowest BCUT2D eigenvalue weighted by Crippen LogP contribution is -2.44.